The third-order valence-electron chi connectivity index (χ3n) is 3.25. The van der Waals surface area contributed by atoms with Gasteiger partial charge in [-0.3, -0.25) is 4.98 Å². The third kappa shape index (κ3) is 2.62. The molecule has 0 spiro atoms. The third-order valence-corrected chi connectivity index (χ3v) is 3.25. The Morgan fingerprint density at radius 3 is 2.83 bits per heavy atom. The highest BCUT2D eigenvalue weighted by Crippen LogP contribution is 2.29. The molecule has 3 nitrogen and oxygen atoms in total. The number of rotatable bonds is 4. The van der Waals surface area contributed by atoms with Gasteiger partial charge in [-0.1, -0.05) is 31.5 Å². The van der Waals surface area contributed by atoms with Crippen molar-refractivity contribution < 1.29 is 5.11 Å². The molecule has 0 saturated heterocycles. The molecule has 3 heteroatoms. The van der Waals surface area contributed by atoms with Crippen LogP contribution in [0, 0.1) is 0 Å². The van der Waals surface area contributed by atoms with Gasteiger partial charge in [-0.05, 0) is 31.4 Å². The molecule has 18 heavy (non-hydrogen) atoms. The summed E-state index contributed by atoms with van der Waals surface area (Å²) in [5, 5.41) is 11.2. The van der Waals surface area contributed by atoms with Crippen LogP contribution in [-0.2, 0) is 6.42 Å². The Hall–Kier alpha value is -1.61. The van der Waals surface area contributed by atoms with E-state index in [1.54, 1.807) is 6.20 Å². The van der Waals surface area contributed by atoms with E-state index in [1.165, 1.54) is 0 Å². The summed E-state index contributed by atoms with van der Waals surface area (Å²) >= 11 is 0. The minimum atomic E-state index is -0.283. The first kappa shape index (κ1) is 12.8. The second-order valence-corrected chi connectivity index (χ2v) is 5.23. The van der Waals surface area contributed by atoms with E-state index in [9.17, 15) is 5.11 Å². The van der Waals surface area contributed by atoms with Crippen LogP contribution >= 0.6 is 0 Å². The first-order chi connectivity index (χ1) is 8.53. The van der Waals surface area contributed by atoms with Crippen LogP contribution in [0.4, 0.5) is 0 Å². The molecule has 1 heterocycles. The predicted octanol–water partition coefficient (Wildman–Crippen LogP) is 3.00. The van der Waals surface area contributed by atoms with Gasteiger partial charge in [0.1, 0.15) is 11.3 Å². The number of pyridine rings is 1. The lowest BCUT2D eigenvalue weighted by Crippen LogP contribution is -2.38. The standard InChI is InChI=1S/C15H20N2O/c1-3-8-15(2,16)10-12-7-6-11-5-4-9-17-13(11)14(12)18/h4-7,9,18H,3,8,10,16H2,1-2H3. The number of hydrogen-bond acceptors (Lipinski definition) is 3. The van der Waals surface area contributed by atoms with Crippen molar-refractivity contribution in [2.24, 2.45) is 5.73 Å². The van der Waals surface area contributed by atoms with Gasteiger partial charge in [0.15, 0.2) is 0 Å². The second kappa shape index (κ2) is 4.94. The Morgan fingerprint density at radius 2 is 2.11 bits per heavy atom. The molecule has 2 rings (SSSR count). The molecule has 3 N–H and O–H groups in total. The van der Waals surface area contributed by atoms with Crippen LogP contribution in [0.1, 0.15) is 32.3 Å². The highest BCUT2D eigenvalue weighted by atomic mass is 16.3. The van der Waals surface area contributed by atoms with Crippen LogP contribution in [0.5, 0.6) is 5.75 Å². The summed E-state index contributed by atoms with van der Waals surface area (Å²) in [5.41, 5.74) is 7.49. The van der Waals surface area contributed by atoms with E-state index in [1.807, 2.05) is 31.2 Å². The minimum absolute atomic E-state index is 0.265. The summed E-state index contributed by atoms with van der Waals surface area (Å²) < 4.78 is 0. The van der Waals surface area contributed by atoms with Gasteiger partial charge in [0.2, 0.25) is 0 Å². The lowest BCUT2D eigenvalue weighted by atomic mass is 9.89. The van der Waals surface area contributed by atoms with E-state index in [4.69, 9.17) is 5.73 Å². The number of hydrogen-bond donors (Lipinski definition) is 2. The number of aromatic nitrogens is 1. The first-order valence-corrected chi connectivity index (χ1v) is 6.38. The van der Waals surface area contributed by atoms with E-state index in [0.717, 1.165) is 23.8 Å². The average Bonchev–Trinajstić information content (AvgIpc) is 2.33. The number of phenolic OH excluding ortho intramolecular Hbond substituents is 1. The molecular weight excluding hydrogens is 224 g/mol. The second-order valence-electron chi connectivity index (χ2n) is 5.23. The molecule has 0 aliphatic rings. The maximum absolute atomic E-state index is 10.3. The first-order valence-electron chi connectivity index (χ1n) is 6.38. The predicted molar refractivity (Wildman–Crippen MR) is 74.6 cm³/mol. The molecular formula is C15H20N2O. The van der Waals surface area contributed by atoms with Crippen LogP contribution in [0.25, 0.3) is 10.9 Å². The zero-order valence-corrected chi connectivity index (χ0v) is 11.0. The number of nitrogens with two attached hydrogens (primary N) is 1. The van der Waals surface area contributed by atoms with Crippen molar-refractivity contribution in [2.45, 2.75) is 38.6 Å². The van der Waals surface area contributed by atoms with E-state index in [-0.39, 0.29) is 11.3 Å². The van der Waals surface area contributed by atoms with Crippen molar-refractivity contribution in [3.8, 4) is 5.75 Å². The van der Waals surface area contributed by atoms with Crippen LogP contribution in [0.3, 0.4) is 0 Å². The highest BCUT2D eigenvalue weighted by Gasteiger charge is 2.20. The molecule has 96 valence electrons. The fourth-order valence-electron chi connectivity index (χ4n) is 2.41. The molecule has 0 bridgehead atoms. The van der Waals surface area contributed by atoms with Gasteiger partial charge in [-0.15, -0.1) is 0 Å². The molecule has 0 fully saturated rings. The number of nitrogens with zero attached hydrogens (tertiary/aromatic N) is 1. The summed E-state index contributed by atoms with van der Waals surface area (Å²) in [7, 11) is 0. The number of aromatic hydroxyl groups is 1. The number of fused-ring (bicyclic) bond motifs is 1. The van der Waals surface area contributed by atoms with Crippen LogP contribution in [-0.4, -0.2) is 15.6 Å². The van der Waals surface area contributed by atoms with Crippen LogP contribution < -0.4 is 5.73 Å². The monoisotopic (exact) mass is 244 g/mol. The van der Waals surface area contributed by atoms with Gasteiger partial charge in [0, 0.05) is 17.1 Å². The Kier molecular flexibility index (Phi) is 3.53. The molecule has 0 saturated carbocycles. The van der Waals surface area contributed by atoms with Crippen LogP contribution in [0.15, 0.2) is 30.5 Å². The zero-order valence-electron chi connectivity index (χ0n) is 11.0. The molecule has 1 unspecified atom stereocenters. The molecule has 0 aliphatic heterocycles. The SMILES string of the molecule is CCCC(C)(N)Cc1ccc2cccnc2c1O. The van der Waals surface area contributed by atoms with Crippen molar-refractivity contribution in [3.63, 3.8) is 0 Å². The summed E-state index contributed by atoms with van der Waals surface area (Å²) in [5.74, 6) is 0.265. The van der Waals surface area contributed by atoms with Crippen molar-refractivity contribution >= 4 is 10.9 Å². The van der Waals surface area contributed by atoms with Crippen LogP contribution in [0.2, 0.25) is 0 Å². The number of phenols is 1. The maximum atomic E-state index is 10.3. The van der Waals surface area contributed by atoms with E-state index >= 15 is 0 Å². The Morgan fingerprint density at radius 1 is 1.33 bits per heavy atom. The largest absolute Gasteiger partial charge is 0.505 e. The molecule has 2 aromatic rings. The van der Waals surface area contributed by atoms with Gasteiger partial charge in [-0.2, -0.15) is 0 Å². The highest BCUT2D eigenvalue weighted by molar-refractivity contribution is 5.85. The quantitative estimate of drug-likeness (QED) is 0.869. The lowest BCUT2D eigenvalue weighted by molar-refractivity contribution is 0.409. The van der Waals surface area contributed by atoms with Gasteiger partial charge < -0.3 is 10.8 Å². The molecule has 0 aliphatic carbocycles. The van der Waals surface area contributed by atoms with Crippen molar-refractivity contribution in [2.75, 3.05) is 0 Å². The topological polar surface area (TPSA) is 59.1 Å². The average molecular weight is 244 g/mol. The summed E-state index contributed by atoms with van der Waals surface area (Å²) in [4.78, 5) is 4.23. The Labute approximate surface area is 108 Å². The summed E-state index contributed by atoms with van der Waals surface area (Å²) in [6.07, 6.45) is 4.34. The fourth-order valence-corrected chi connectivity index (χ4v) is 2.41. The minimum Gasteiger partial charge on any atom is -0.505 e. The van der Waals surface area contributed by atoms with Gasteiger partial charge >= 0.3 is 0 Å². The molecule has 0 amide bonds. The molecule has 0 radical (unpaired) electrons. The number of benzene rings is 1. The summed E-state index contributed by atoms with van der Waals surface area (Å²) in [6.45, 7) is 4.14. The van der Waals surface area contributed by atoms with E-state index in [2.05, 4.69) is 11.9 Å². The van der Waals surface area contributed by atoms with Crippen molar-refractivity contribution in [1.29, 1.82) is 0 Å². The van der Waals surface area contributed by atoms with Gasteiger partial charge in [0.25, 0.3) is 0 Å². The van der Waals surface area contributed by atoms with Crippen molar-refractivity contribution in [3.05, 3.63) is 36.0 Å². The molecule has 1 aromatic heterocycles. The molecule has 1 atom stereocenters. The lowest BCUT2D eigenvalue weighted by Gasteiger charge is -2.24. The smallest absolute Gasteiger partial charge is 0.145 e. The Bertz CT molecular complexity index is 549. The molecule has 1 aromatic carbocycles. The summed E-state index contributed by atoms with van der Waals surface area (Å²) in [6, 6.07) is 7.74. The normalized spacial score (nSPS) is 14.6. The Balaban J connectivity index is 2.37. The van der Waals surface area contributed by atoms with E-state index in [0.29, 0.717) is 11.9 Å². The van der Waals surface area contributed by atoms with E-state index < -0.39 is 0 Å². The maximum Gasteiger partial charge on any atom is 0.145 e. The van der Waals surface area contributed by atoms with Gasteiger partial charge in [-0.25, -0.2) is 0 Å². The zero-order chi connectivity index (χ0) is 13.2. The van der Waals surface area contributed by atoms with Crippen molar-refractivity contribution in [1.82, 2.24) is 4.98 Å². The fraction of sp³-hybridized carbons (Fsp3) is 0.400. The van der Waals surface area contributed by atoms with Gasteiger partial charge in [0.05, 0.1) is 0 Å².